The summed E-state index contributed by atoms with van der Waals surface area (Å²) in [7, 11) is -1.26. The third kappa shape index (κ3) is 5.72. The van der Waals surface area contributed by atoms with E-state index in [2.05, 4.69) is 5.32 Å². The Balaban J connectivity index is 2.57. The highest BCUT2D eigenvalue weighted by Gasteiger charge is 2.13. The number of hydrogen-bond acceptors (Lipinski definition) is 4. The topological polar surface area (TPSA) is 55.4 Å². The molecule has 1 aromatic rings. The first-order valence-electron chi connectivity index (χ1n) is 6.48. The second kappa shape index (κ2) is 7.62. The fourth-order valence-corrected chi connectivity index (χ4v) is 2.98. The minimum absolute atomic E-state index is 0.0550. The van der Waals surface area contributed by atoms with E-state index in [0.29, 0.717) is 13.2 Å². The number of sulfone groups is 1. The standard InChI is InChI=1S/C14H23NO3S/c1-4-19(16,17)11-12(2)15-9-13-7-5-6-8-14(13)10-18-3/h5-8,12,15H,4,9-11H2,1-3H3. The van der Waals surface area contributed by atoms with Crippen molar-refractivity contribution in [3.63, 3.8) is 0 Å². The summed E-state index contributed by atoms with van der Waals surface area (Å²) in [5, 5.41) is 3.25. The van der Waals surface area contributed by atoms with Gasteiger partial charge in [-0.1, -0.05) is 31.2 Å². The first-order valence-corrected chi connectivity index (χ1v) is 8.30. The molecule has 0 fully saturated rings. The first-order chi connectivity index (χ1) is 8.98. The quantitative estimate of drug-likeness (QED) is 0.790. The molecule has 0 saturated carbocycles. The van der Waals surface area contributed by atoms with Crippen LogP contribution in [-0.2, 0) is 27.7 Å². The Kier molecular flexibility index (Phi) is 6.48. The van der Waals surface area contributed by atoms with Crippen molar-refractivity contribution in [1.29, 1.82) is 0 Å². The number of benzene rings is 1. The van der Waals surface area contributed by atoms with Crippen LogP contribution in [-0.4, -0.2) is 33.1 Å². The van der Waals surface area contributed by atoms with E-state index in [-0.39, 0.29) is 17.5 Å². The van der Waals surface area contributed by atoms with Crippen LogP contribution in [0.1, 0.15) is 25.0 Å². The average Bonchev–Trinajstić information content (AvgIpc) is 2.38. The van der Waals surface area contributed by atoms with Crippen molar-refractivity contribution in [2.75, 3.05) is 18.6 Å². The predicted molar refractivity (Wildman–Crippen MR) is 77.8 cm³/mol. The second-order valence-electron chi connectivity index (χ2n) is 4.68. The lowest BCUT2D eigenvalue weighted by atomic mass is 10.1. The molecule has 4 nitrogen and oxygen atoms in total. The van der Waals surface area contributed by atoms with Gasteiger partial charge in [0.2, 0.25) is 0 Å². The van der Waals surface area contributed by atoms with Gasteiger partial charge in [0, 0.05) is 25.4 Å². The molecule has 0 bridgehead atoms. The van der Waals surface area contributed by atoms with Crippen molar-refractivity contribution in [1.82, 2.24) is 5.32 Å². The summed E-state index contributed by atoms with van der Waals surface area (Å²) >= 11 is 0. The van der Waals surface area contributed by atoms with Gasteiger partial charge in [0.25, 0.3) is 0 Å². The Hall–Kier alpha value is -0.910. The molecule has 0 aliphatic rings. The lowest BCUT2D eigenvalue weighted by molar-refractivity contribution is 0.184. The minimum Gasteiger partial charge on any atom is -0.380 e. The maximum atomic E-state index is 11.5. The molecule has 19 heavy (non-hydrogen) atoms. The molecular weight excluding hydrogens is 262 g/mol. The number of methoxy groups -OCH3 is 1. The van der Waals surface area contributed by atoms with Crippen LogP contribution in [0.2, 0.25) is 0 Å². The molecule has 0 aliphatic heterocycles. The first kappa shape index (κ1) is 16.1. The summed E-state index contributed by atoms with van der Waals surface area (Å²) < 4.78 is 28.2. The molecule has 1 rings (SSSR count). The van der Waals surface area contributed by atoms with Crippen LogP contribution in [0.15, 0.2) is 24.3 Å². The van der Waals surface area contributed by atoms with E-state index < -0.39 is 9.84 Å². The summed E-state index contributed by atoms with van der Waals surface area (Å²) in [4.78, 5) is 0. The molecule has 0 aromatic heterocycles. The molecule has 5 heteroatoms. The monoisotopic (exact) mass is 285 g/mol. The Morgan fingerprint density at radius 1 is 1.26 bits per heavy atom. The van der Waals surface area contributed by atoms with E-state index in [9.17, 15) is 8.42 Å². The summed E-state index contributed by atoms with van der Waals surface area (Å²) in [5.41, 5.74) is 2.27. The van der Waals surface area contributed by atoms with Crippen molar-refractivity contribution < 1.29 is 13.2 Å². The Labute approximate surface area is 116 Å². The van der Waals surface area contributed by atoms with Crippen molar-refractivity contribution in [2.45, 2.75) is 33.0 Å². The molecule has 0 aliphatic carbocycles. The molecule has 0 amide bonds. The smallest absolute Gasteiger partial charge is 0.151 e. The van der Waals surface area contributed by atoms with Gasteiger partial charge in [0.15, 0.2) is 9.84 Å². The molecular formula is C14H23NO3S. The molecule has 108 valence electrons. The summed E-state index contributed by atoms with van der Waals surface area (Å²) in [6.45, 7) is 4.79. The largest absolute Gasteiger partial charge is 0.380 e. The van der Waals surface area contributed by atoms with Crippen molar-refractivity contribution in [2.24, 2.45) is 0 Å². The van der Waals surface area contributed by atoms with Crippen molar-refractivity contribution >= 4 is 9.84 Å². The highest BCUT2D eigenvalue weighted by Crippen LogP contribution is 2.10. The lowest BCUT2D eigenvalue weighted by Gasteiger charge is -2.15. The highest BCUT2D eigenvalue weighted by molar-refractivity contribution is 7.91. The molecule has 0 radical (unpaired) electrons. The molecule has 1 atom stereocenters. The van der Waals surface area contributed by atoms with Crippen LogP contribution in [0.5, 0.6) is 0 Å². The van der Waals surface area contributed by atoms with Gasteiger partial charge < -0.3 is 10.1 Å². The van der Waals surface area contributed by atoms with Gasteiger partial charge in [-0.15, -0.1) is 0 Å². The zero-order chi connectivity index (χ0) is 14.3. The van der Waals surface area contributed by atoms with Crippen LogP contribution < -0.4 is 5.32 Å². The summed E-state index contributed by atoms with van der Waals surface area (Å²) in [5.74, 6) is 0.370. The average molecular weight is 285 g/mol. The van der Waals surface area contributed by atoms with Gasteiger partial charge in [-0.2, -0.15) is 0 Å². The third-order valence-electron chi connectivity index (χ3n) is 3.00. The number of nitrogens with one attached hydrogen (secondary N) is 1. The van der Waals surface area contributed by atoms with Crippen LogP contribution in [0, 0.1) is 0 Å². The fourth-order valence-electron chi connectivity index (χ4n) is 1.87. The van der Waals surface area contributed by atoms with E-state index in [1.54, 1.807) is 14.0 Å². The molecule has 1 unspecified atom stereocenters. The molecule has 0 heterocycles. The van der Waals surface area contributed by atoms with E-state index in [1.165, 1.54) is 0 Å². The fraction of sp³-hybridized carbons (Fsp3) is 0.571. The summed E-state index contributed by atoms with van der Waals surface area (Å²) in [6.07, 6.45) is 0. The van der Waals surface area contributed by atoms with Gasteiger partial charge >= 0.3 is 0 Å². The molecule has 1 aromatic carbocycles. The molecule has 0 saturated heterocycles. The zero-order valence-corrected chi connectivity index (χ0v) is 12.7. The zero-order valence-electron chi connectivity index (χ0n) is 11.8. The predicted octanol–water partition coefficient (Wildman–Crippen LogP) is 1.75. The highest BCUT2D eigenvalue weighted by atomic mass is 32.2. The maximum Gasteiger partial charge on any atom is 0.151 e. The lowest BCUT2D eigenvalue weighted by Crippen LogP contribution is -2.33. The normalized spacial score (nSPS) is 13.4. The van der Waals surface area contributed by atoms with Crippen LogP contribution in [0.25, 0.3) is 0 Å². The molecule has 1 N–H and O–H groups in total. The third-order valence-corrected chi connectivity index (χ3v) is 4.89. The van der Waals surface area contributed by atoms with Gasteiger partial charge in [-0.25, -0.2) is 8.42 Å². The van der Waals surface area contributed by atoms with E-state index in [0.717, 1.165) is 11.1 Å². The Bertz CT molecular complexity index is 485. The van der Waals surface area contributed by atoms with E-state index in [4.69, 9.17) is 4.74 Å². The number of rotatable bonds is 8. The second-order valence-corrected chi connectivity index (χ2v) is 7.08. The minimum atomic E-state index is -2.93. The van der Waals surface area contributed by atoms with Crippen LogP contribution >= 0.6 is 0 Å². The van der Waals surface area contributed by atoms with Crippen molar-refractivity contribution in [3.05, 3.63) is 35.4 Å². The summed E-state index contributed by atoms with van der Waals surface area (Å²) in [6, 6.07) is 7.95. The Morgan fingerprint density at radius 3 is 2.47 bits per heavy atom. The number of hydrogen-bond donors (Lipinski definition) is 1. The SMILES string of the molecule is CCS(=O)(=O)CC(C)NCc1ccccc1COC. The maximum absolute atomic E-state index is 11.5. The Morgan fingerprint density at radius 2 is 1.89 bits per heavy atom. The van der Waals surface area contributed by atoms with E-state index in [1.807, 2.05) is 31.2 Å². The van der Waals surface area contributed by atoms with Gasteiger partial charge in [-0.05, 0) is 18.1 Å². The van der Waals surface area contributed by atoms with Crippen molar-refractivity contribution in [3.8, 4) is 0 Å². The molecule has 0 spiro atoms. The van der Waals surface area contributed by atoms with Crippen LogP contribution in [0.4, 0.5) is 0 Å². The van der Waals surface area contributed by atoms with Crippen LogP contribution in [0.3, 0.4) is 0 Å². The van der Waals surface area contributed by atoms with Gasteiger partial charge in [0.1, 0.15) is 0 Å². The van der Waals surface area contributed by atoms with E-state index >= 15 is 0 Å². The van der Waals surface area contributed by atoms with Gasteiger partial charge in [-0.3, -0.25) is 0 Å². The number of ether oxygens (including phenoxy) is 1. The van der Waals surface area contributed by atoms with Gasteiger partial charge in [0.05, 0.1) is 12.4 Å².